The summed E-state index contributed by atoms with van der Waals surface area (Å²) in [5.74, 6) is 0. The van der Waals surface area contributed by atoms with E-state index in [1.165, 1.54) is 0 Å². The molecule has 3 heteroatoms. The van der Waals surface area contributed by atoms with Crippen LogP contribution in [0.25, 0.3) is 11.0 Å². The summed E-state index contributed by atoms with van der Waals surface area (Å²) in [4.78, 5) is 0. The van der Waals surface area contributed by atoms with Crippen molar-refractivity contribution in [1.29, 1.82) is 0 Å². The Balaban J connectivity index is 2.29. The van der Waals surface area contributed by atoms with Crippen LogP contribution in [-0.2, 0) is 5.60 Å². The Morgan fingerprint density at radius 1 is 1.26 bits per heavy atom. The van der Waals surface area contributed by atoms with E-state index in [0.29, 0.717) is 6.54 Å². The van der Waals surface area contributed by atoms with Crippen molar-refractivity contribution in [3.05, 3.63) is 36.1 Å². The highest BCUT2D eigenvalue weighted by Gasteiger charge is 2.28. The summed E-state index contributed by atoms with van der Waals surface area (Å²) in [6.07, 6.45) is 4.57. The first kappa shape index (κ1) is 14.1. The molecule has 0 radical (unpaired) electrons. The molecule has 0 aliphatic carbocycles. The van der Waals surface area contributed by atoms with E-state index in [2.05, 4.69) is 19.2 Å². The molecular formula is C16H23NO2. The fraction of sp³-hybridized carbons (Fsp3) is 0.500. The lowest BCUT2D eigenvalue weighted by Gasteiger charge is -2.29. The summed E-state index contributed by atoms with van der Waals surface area (Å²) < 4.78 is 5.35. The quantitative estimate of drug-likeness (QED) is 0.802. The standard InChI is InChI=1S/C16H23NO2/c1-3-5-9-16(18,12-17-4-2)14-6-7-15-13(11-14)8-10-19-15/h6-8,10-11,17-18H,3-5,9,12H2,1-2H3. The van der Waals surface area contributed by atoms with Gasteiger partial charge < -0.3 is 14.8 Å². The maximum absolute atomic E-state index is 10.9. The summed E-state index contributed by atoms with van der Waals surface area (Å²) in [6, 6.07) is 7.88. The maximum atomic E-state index is 10.9. The zero-order valence-corrected chi connectivity index (χ0v) is 11.8. The highest BCUT2D eigenvalue weighted by Crippen LogP contribution is 2.29. The van der Waals surface area contributed by atoms with E-state index < -0.39 is 5.60 Å². The van der Waals surface area contributed by atoms with E-state index in [0.717, 1.165) is 42.3 Å². The number of nitrogens with one attached hydrogen (secondary N) is 1. The molecule has 104 valence electrons. The Morgan fingerprint density at radius 3 is 2.84 bits per heavy atom. The fourth-order valence-corrected chi connectivity index (χ4v) is 2.39. The summed E-state index contributed by atoms with van der Waals surface area (Å²) in [7, 11) is 0. The Hall–Kier alpha value is -1.32. The Bertz CT molecular complexity index is 510. The number of hydrogen-bond donors (Lipinski definition) is 2. The Kier molecular flexibility index (Phi) is 4.61. The topological polar surface area (TPSA) is 45.4 Å². The van der Waals surface area contributed by atoms with Crippen LogP contribution in [0.15, 0.2) is 34.9 Å². The van der Waals surface area contributed by atoms with E-state index >= 15 is 0 Å². The summed E-state index contributed by atoms with van der Waals surface area (Å²) >= 11 is 0. The van der Waals surface area contributed by atoms with Crippen LogP contribution in [0.2, 0.25) is 0 Å². The normalized spacial score (nSPS) is 14.7. The lowest BCUT2D eigenvalue weighted by molar-refractivity contribution is 0.0261. The van der Waals surface area contributed by atoms with Gasteiger partial charge >= 0.3 is 0 Å². The van der Waals surface area contributed by atoms with Gasteiger partial charge in [-0.1, -0.05) is 32.8 Å². The van der Waals surface area contributed by atoms with Gasteiger partial charge in [-0.15, -0.1) is 0 Å². The van der Waals surface area contributed by atoms with Gasteiger partial charge in [0.25, 0.3) is 0 Å². The van der Waals surface area contributed by atoms with Crippen LogP contribution < -0.4 is 5.32 Å². The molecule has 1 aromatic heterocycles. The van der Waals surface area contributed by atoms with E-state index in [1.54, 1.807) is 6.26 Å². The van der Waals surface area contributed by atoms with E-state index in [-0.39, 0.29) is 0 Å². The average molecular weight is 261 g/mol. The molecular weight excluding hydrogens is 238 g/mol. The second-order valence-electron chi connectivity index (χ2n) is 5.09. The van der Waals surface area contributed by atoms with Gasteiger partial charge in [-0.2, -0.15) is 0 Å². The number of fused-ring (bicyclic) bond motifs is 1. The molecule has 0 amide bonds. The second-order valence-corrected chi connectivity index (χ2v) is 5.09. The van der Waals surface area contributed by atoms with Crippen molar-refractivity contribution in [1.82, 2.24) is 5.32 Å². The van der Waals surface area contributed by atoms with Gasteiger partial charge in [-0.3, -0.25) is 0 Å². The monoisotopic (exact) mass is 261 g/mol. The zero-order chi connectivity index (χ0) is 13.7. The molecule has 1 unspecified atom stereocenters. The van der Waals surface area contributed by atoms with Crippen molar-refractivity contribution in [3.8, 4) is 0 Å². The van der Waals surface area contributed by atoms with Crippen LogP contribution in [0.5, 0.6) is 0 Å². The zero-order valence-electron chi connectivity index (χ0n) is 11.8. The molecule has 19 heavy (non-hydrogen) atoms. The summed E-state index contributed by atoms with van der Waals surface area (Å²) in [6.45, 7) is 5.65. The molecule has 0 spiro atoms. The third kappa shape index (κ3) is 3.17. The van der Waals surface area contributed by atoms with Gasteiger partial charge in [0.05, 0.1) is 6.26 Å². The van der Waals surface area contributed by atoms with Crippen LogP contribution in [0.3, 0.4) is 0 Å². The van der Waals surface area contributed by atoms with Crippen molar-refractivity contribution in [2.45, 2.75) is 38.7 Å². The highest BCUT2D eigenvalue weighted by atomic mass is 16.3. The van der Waals surface area contributed by atoms with Gasteiger partial charge in [0.1, 0.15) is 11.2 Å². The number of benzene rings is 1. The molecule has 0 bridgehead atoms. The Morgan fingerprint density at radius 2 is 2.11 bits per heavy atom. The third-order valence-electron chi connectivity index (χ3n) is 3.60. The predicted molar refractivity (Wildman–Crippen MR) is 78.2 cm³/mol. The largest absolute Gasteiger partial charge is 0.464 e. The SMILES string of the molecule is CCCCC(O)(CNCC)c1ccc2occc2c1. The minimum Gasteiger partial charge on any atom is -0.464 e. The van der Waals surface area contributed by atoms with E-state index in [4.69, 9.17) is 4.42 Å². The van der Waals surface area contributed by atoms with Crippen LogP contribution in [0, 0.1) is 0 Å². The van der Waals surface area contributed by atoms with Crippen LogP contribution >= 0.6 is 0 Å². The second kappa shape index (κ2) is 6.22. The molecule has 1 aromatic carbocycles. The number of furan rings is 1. The molecule has 2 aromatic rings. The highest BCUT2D eigenvalue weighted by molar-refractivity contribution is 5.78. The molecule has 3 nitrogen and oxygen atoms in total. The van der Waals surface area contributed by atoms with Crippen molar-refractivity contribution in [3.63, 3.8) is 0 Å². The van der Waals surface area contributed by atoms with E-state index in [9.17, 15) is 5.11 Å². The van der Waals surface area contributed by atoms with Gasteiger partial charge in [0.2, 0.25) is 0 Å². The van der Waals surface area contributed by atoms with Gasteiger partial charge in [0, 0.05) is 11.9 Å². The molecule has 0 aliphatic heterocycles. The van der Waals surface area contributed by atoms with Gasteiger partial charge in [-0.05, 0) is 36.7 Å². The number of hydrogen-bond acceptors (Lipinski definition) is 3. The average Bonchev–Trinajstić information content (AvgIpc) is 2.90. The lowest BCUT2D eigenvalue weighted by Crippen LogP contribution is -2.38. The molecule has 0 fully saturated rings. The van der Waals surface area contributed by atoms with Crippen molar-refractivity contribution >= 4 is 11.0 Å². The van der Waals surface area contributed by atoms with Crippen molar-refractivity contribution in [2.75, 3.05) is 13.1 Å². The minimum atomic E-state index is -0.794. The molecule has 0 aliphatic rings. The molecule has 2 rings (SSSR count). The first-order chi connectivity index (χ1) is 9.19. The van der Waals surface area contributed by atoms with Crippen LogP contribution in [-0.4, -0.2) is 18.2 Å². The van der Waals surface area contributed by atoms with Gasteiger partial charge in [-0.25, -0.2) is 0 Å². The van der Waals surface area contributed by atoms with Gasteiger partial charge in [0.15, 0.2) is 0 Å². The molecule has 1 atom stereocenters. The number of rotatable bonds is 7. The molecule has 1 heterocycles. The third-order valence-corrected chi connectivity index (χ3v) is 3.60. The number of unbranched alkanes of at least 4 members (excludes halogenated alkanes) is 1. The Labute approximate surface area is 114 Å². The first-order valence-corrected chi connectivity index (χ1v) is 7.10. The van der Waals surface area contributed by atoms with Crippen LogP contribution in [0.4, 0.5) is 0 Å². The maximum Gasteiger partial charge on any atom is 0.133 e. The minimum absolute atomic E-state index is 0.590. The number of aliphatic hydroxyl groups is 1. The van der Waals surface area contributed by atoms with Crippen molar-refractivity contribution in [2.24, 2.45) is 0 Å². The summed E-state index contributed by atoms with van der Waals surface area (Å²) in [5.41, 5.74) is 1.04. The number of likely N-dealkylation sites (N-methyl/N-ethyl adjacent to an activating group) is 1. The lowest BCUT2D eigenvalue weighted by atomic mass is 9.88. The predicted octanol–water partition coefficient (Wildman–Crippen LogP) is 3.42. The molecule has 0 saturated carbocycles. The van der Waals surface area contributed by atoms with Crippen LogP contribution in [0.1, 0.15) is 38.7 Å². The molecule has 0 saturated heterocycles. The van der Waals surface area contributed by atoms with E-state index in [1.807, 2.05) is 24.3 Å². The molecule has 2 N–H and O–H groups in total. The first-order valence-electron chi connectivity index (χ1n) is 7.10. The smallest absolute Gasteiger partial charge is 0.133 e. The fourth-order valence-electron chi connectivity index (χ4n) is 2.39. The summed E-state index contributed by atoms with van der Waals surface area (Å²) in [5, 5.41) is 15.3. The van der Waals surface area contributed by atoms with Crippen molar-refractivity contribution < 1.29 is 9.52 Å².